The number of rotatable bonds is 4. The van der Waals surface area contributed by atoms with Crippen molar-refractivity contribution in [1.29, 1.82) is 0 Å². The van der Waals surface area contributed by atoms with Gasteiger partial charge in [0.05, 0.1) is 5.69 Å². The predicted molar refractivity (Wildman–Crippen MR) is 86.4 cm³/mol. The molecule has 0 saturated heterocycles. The molecule has 0 saturated carbocycles. The van der Waals surface area contributed by atoms with Gasteiger partial charge in [-0.15, -0.1) is 11.8 Å². The zero-order valence-electron chi connectivity index (χ0n) is 11.6. The fraction of sp³-hybridized carbons (Fsp3) is 0.188. The smallest absolute Gasteiger partial charge is 0.256 e. The summed E-state index contributed by atoms with van der Waals surface area (Å²) in [6, 6.07) is 13.2. The fourth-order valence-corrected chi connectivity index (χ4v) is 2.69. The van der Waals surface area contributed by atoms with Gasteiger partial charge in [-0.3, -0.25) is 4.79 Å². The van der Waals surface area contributed by atoms with Crippen LogP contribution in [0.25, 0.3) is 0 Å². The highest BCUT2D eigenvalue weighted by Crippen LogP contribution is 2.27. The Morgan fingerprint density at radius 2 is 2.00 bits per heavy atom. The third kappa shape index (κ3) is 3.33. The molecule has 0 unspecified atom stereocenters. The number of amides is 1. The molecule has 0 aliphatic rings. The number of nitrogen functional groups attached to an aromatic ring is 1. The first-order valence-corrected chi connectivity index (χ1v) is 7.49. The topological polar surface area (TPSA) is 55.1 Å². The monoisotopic (exact) mass is 286 g/mol. The average Bonchev–Trinajstić information content (AvgIpc) is 2.44. The lowest BCUT2D eigenvalue weighted by molar-refractivity contribution is 0.102. The Morgan fingerprint density at radius 3 is 2.75 bits per heavy atom. The molecule has 0 aliphatic carbocycles. The first-order chi connectivity index (χ1) is 9.61. The van der Waals surface area contributed by atoms with Crippen LogP contribution >= 0.6 is 11.8 Å². The summed E-state index contributed by atoms with van der Waals surface area (Å²) in [6.07, 6.45) is 0. The van der Waals surface area contributed by atoms with Crippen LogP contribution in [0.2, 0.25) is 0 Å². The van der Waals surface area contributed by atoms with Gasteiger partial charge < -0.3 is 11.1 Å². The minimum atomic E-state index is -0.126. The van der Waals surface area contributed by atoms with E-state index in [1.54, 1.807) is 23.9 Å². The number of nitrogens with two attached hydrogens (primary N) is 1. The Balaban J connectivity index is 2.26. The lowest BCUT2D eigenvalue weighted by atomic mass is 10.1. The van der Waals surface area contributed by atoms with Crippen molar-refractivity contribution >= 4 is 29.0 Å². The van der Waals surface area contributed by atoms with Crippen LogP contribution in [0, 0.1) is 6.92 Å². The number of anilines is 2. The van der Waals surface area contributed by atoms with Crippen LogP contribution in [-0.4, -0.2) is 11.7 Å². The first kappa shape index (κ1) is 14.5. The van der Waals surface area contributed by atoms with E-state index in [2.05, 4.69) is 12.2 Å². The number of carbonyl (C=O) groups excluding carboxylic acids is 1. The molecular weight excluding hydrogens is 268 g/mol. The molecule has 20 heavy (non-hydrogen) atoms. The molecule has 3 nitrogen and oxygen atoms in total. The van der Waals surface area contributed by atoms with Gasteiger partial charge in [0.15, 0.2) is 0 Å². The first-order valence-electron chi connectivity index (χ1n) is 6.51. The summed E-state index contributed by atoms with van der Waals surface area (Å²) >= 11 is 1.71. The van der Waals surface area contributed by atoms with Gasteiger partial charge in [0.25, 0.3) is 5.91 Å². The van der Waals surface area contributed by atoms with Gasteiger partial charge in [-0.05, 0) is 42.5 Å². The van der Waals surface area contributed by atoms with E-state index < -0.39 is 0 Å². The zero-order valence-corrected chi connectivity index (χ0v) is 12.5. The molecule has 3 N–H and O–H groups in total. The van der Waals surface area contributed by atoms with E-state index in [4.69, 9.17) is 5.73 Å². The van der Waals surface area contributed by atoms with Gasteiger partial charge >= 0.3 is 0 Å². The van der Waals surface area contributed by atoms with Crippen molar-refractivity contribution in [2.24, 2.45) is 0 Å². The largest absolute Gasteiger partial charge is 0.399 e. The average molecular weight is 286 g/mol. The Hall–Kier alpha value is -1.94. The molecule has 0 spiro atoms. The molecule has 0 bridgehead atoms. The van der Waals surface area contributed by atoms with E-state index in [1.807, 2.05) is 37.3 Å². The standard InChI is InChI=1S/C16H18N2OS/c1-3-20-15-7-5-4-6-14(15)18-16(19)13-10-12(17)9-8-11(13)2/h4-10H,3,17H2,1-2H3,(H,18,19). The summed E-state index contributed by atoms with van der Waals surface area (Å²) in [4.78, 5) is 13.4. The SMILES string of the molecule is CCSc1ccccc1NC(=O)c1cc(N)ccc1C. The number of nitrogens with one attached hydrogen (secondary N) is 1. The van der Waals surface area contributed by atoms with E-state index in [0.29, 0.717) is 11.3 Å². The maximum atomic E-state index is 12.4. The van der Waals surface area contributed by atoms with Crippen molar-refractivity contribution in [3.8, 4) is 0 Å². The molecule has 0 heterocycles. The van der Waals surface area contributed by atoms with Gasteiger partial charge in [0.2, 0.25) is 0 Å². The second-order valence-corrected chi connectivity index (χ2v) is 5.76. The lowest BCUT2D eigenvalue weighted by Crippen LogP contribution is -2.14. The number of hydrogen-bond donors (Lipinski definition) is 2. The highest BCUT2D eigenvalue weighted by molar-refractivity contribution is 7.99. The molecule has 2 aromatic carbocycles. The summed E-state index contributed by atoms with van der Waals surface area (Å²) in [5, 5.41) is 2.96. The molecule has 0 aromatic heterocycles. The second-order valence-electron chi connectivity index (χ2n) is 4.46. The van der Waals surface area contributed by atoms with Crippen LogP contribution in [0.3, 0.4) is 0 Å². The van der Waals surface area contributed by atoms with Crippen molar-refractivity contribution in [3.63, 3.8) is 0 Å². The van der Waals surface area contributed by atoms with Crippen LogP contribution in [0.15, 0.2) is 47.4 Å². The zero-order chi connectivity index (χ0) is 14.5. The molecule has 0 fully saturated rings. The van der Waals surface area contributed by atoms with Crippen molar-refractivity contribution < 1.29 is 4.79 Å². The van der Waals surface area contributed by atoms with Crippen molar-refractivity contribution in [3.05, 3.63) is 53.6 Å². The quantitative estimate of drug-likeness (QED) is 0.661. The molecule has 2 aromatic rings. The number of thioether (sulfide) groups is 1. The van der Waals surface area contributed by atoms with E-state index in [9.17, 15) is 4.79 Å². The maximum absolute atomic E-state index is 12.4. The van der Waals surface area contributed by atoms with E-state index in [0.717, 1.165) is 21.9 Å². The van der Waals surface area contributed by atoms with Crippen molar-refractivity contribution in [2.45, 2.75) is 18.7 Å². The van der Waals surface area contributed by atoms with Gasteiger partial charge in [-0.25, -0.2) is 0 Å². The van der Waals surface area contributed by atoms with Crippen LogP contribution < -0.4 is 11.1 Å². The van der Waals surface area contributed by atoms with Gasteiger partial charge in [-0.1, -0.05) is 25.1 Å². The van der Waals surface area contributed by atoms with Crippen LogP contribution in [0.5, 0.6) is 0 Å². The van der Waals surface area contributed by atoms with Gasteiger partial charge in [0.1, 0.15) is 0 Å². The van der Waals surface area contributed by atoms with Gasteiger partial charge in [0, 0.05) is 16.1 Å². The fourth-order valence-electron chi connectivity index (χ4n) is 1.93. The number of hydrogen-bond acceptors (Lipinski definition) is 3. The Bertz CT molecular complexity index is 626. The molecule has 0 atom stereocenters. The predicted octanol–water partition coefficient (Wildman–Crippen LogP) is 3.94. The van der Waals surface area contributed by atoms with Crippen molar-refractivity contribution in [2.75, 3.05) is 16.8 Å². The third-order valence-electron chi connectivity index (χ3n) is 2.94. The van der Waals surface area contributed by atoms with E-state index in [1.165, 1.54) is 0 Å². The summed E-state index contributed by atoms with van der Waals surface area (Å²) < 4.78 is 0. The number of para-hydroxylation sites is 1. The second kappa shape index (κ2) is 6.48. The molecule has 0 radical (unpaired) electrons. The number of benzene rings is 2. The summed E-state index contributed by atoms with van der Waals surface area (Å²) in [6.45, 7) is 3.99. The summed E-state index contributed by atoms with van der Waals surface area (Å²) in [5.74, 6) is 0.837. The minimum absolute atomic E-state index is 0.126. The lowest BCUT2D eigenvalue weighted by Gasteiger charge is -2.11. The molecule has 104 valence electrons. The van der Waals surface area contributed by atoms with Crippen LogP contribution in [0.4, 0.5) is 11.4 Å². The minimum Gasteiger partial charge on any atom is -0.399 e. The molecule has 2 rings (SSSR count). The summed E-state index contributed by atoms with van der Waals surface area (Å²) in [5.41, 5.74) is 8.71. The normalized spacial score (nSPS) is 10.3. The number of carbonyl (C=O) groups is 1. The van der Waals surface area contributed by atoms with E-state index >= 15 is 0 Å². The highest BCUT2D eigenvalue weighted by Gasteiger charge is 2.11. The van der Waals surface area contributed by atoms with E-state index in [-0.39, 0.29) is 5.91 Å². The highest BCUT2D eigenvalue weighted by atomic mass is 32.2. The molecular formula is C16H18N2OS. The molecule has 4 heteroatoms. The van der Waals surface area contributed by atoms with Crippen LogP contribution in [0.1, 0.15) is 22.8 Å². The Kier molecular flexibility index (Phi) is 4.69. The van der Waals surface area contributed by atoms with Crippen LogP contribution in [-0.2, 0) is 0 Å². The van der Waals surface area contributed by atoms with Crippen molar-refractivity contribution in [1.82, 2.24) is 0 Å². The third-order valence-corrected chi connectivity index (χ3v) is 3.90. The maximum Gasteiger partial charge on any atom is 0.256 e. The Morgan fingerprint density at radius 1 is 1.25 bits per heavy atom. The molecule has 0 aliphatic heterocycles. The van der Waals surface area contributed by atoms with Gasteiger partial charge in [-0.2, -0.15) is 0 Å². The summed E-state index contributed by atoms with van der Waals surface area (Å²) in [7, 11) is 0. The molecule has 1 amide bonds. The Labute approximate surface area is 123 Å². The number of aryl methyl sites for hydroxylation is 1.